The summed E-state index contributed by atoms with van der Waals surface area (Å²) < 4.78 is 29.3. The van der Waals surface area contributed by atoms with Crippen molar-refractivity contribution in [1.29, 1.82) is 0 Å². The molecular weight excluding hydrogens is 388 g/mol. The highest BCUT2D eigenvalue weighted by Crippen LogP contribution is 2.21. The quantitative estimate of drug-likeness (QED) is 0.751. The van der Waals surface area contributed by atoms with Gasteiger partial charge in [0, 0.05) is 43.3 Å². The summed E-state index contributed by atoms with van der Waals surface area (Å²) >= 11 is 0. The van der Waals surface area contributed by atoms with Gasteiger partial charge in [0.05, 0.1) is 11.5 Å². The minimum Gasteiger partial charge on any atom is -0.489 e. The first kappa shape index (κ1) is 19.9. The molecule has 2 heterocycles. The van der Waals surface area contributed by atoms with Crippen LogP contribution >= 0.6 is 0 Å². The number of hydrogen-bond donors (Lipinski definition) is 0. The molecule has 2 aliphatic heterocycles. The van der Waals surface area contributed by atoms with Gasteiger partial charge in [-0.2, -0.15) is 0 Å². The van der Waals surface area contributed by atoms with Gasteiger partial charge >= 0.3 is 0 Å². The summed E-state index contributed by atoms with van der Waals surface area (Å²) in [5, 5.41) is 0. The first-order chi connectivity index (χ1) is 14.0. The second kappa shape index (κ2) is 8.55. The molecule has 4 rings (SSSR count). The normalized spacial score (nSPS) is 21.8. The van der Waals surface area contributed by atoms with Gasteiger partial charge in [-0.15, -0.1) is 0 Å². The smallest absolute Gasteiger partial charge is 0.254 e. The zero-order valence-corrected chi connectivity index (χ0v) is 17.2. The van der Waals surface area contributed by atoms with Crippen LogP contribution < -0.4 is 4.74 Å². The van der Waals surface area contributed by atoms with E-state index >= 15 is 0 Å². The summed E-state index contributed by atoms with van der Waals surface area (Å²) in [5.41, 5.74) is 1.53. The van der Waals surface area contributed by atoms with Crippen molar-refractivity contribution < 1.29 is 17.9 Å². The molecule has 0 aliphatic carbocycles. The Bertz CT molecular complexity index is 954. The number of ether oxygens (including phenoxy) is 1. The molecule has 0 N–H and O–H groups in total. The van der Waals surface area contributed by atoms with E-state index in [0.717, 1.165) is 11.3 Å². The van der Waals surface area contributed by atoms with Crippen molar-refractivity contribution in [3.63, 3.8) is 0 Å². The van der Waals surface area contributed by atoms with Crippen molar-refractivity contribution in [3.05, 3.63) is 65.7 Å². The maximum Gasteiger partial charge on any atom is 0.254 e. The molecule has 0 aromatic heterocycles. The number of carbonyl (C=O) groups is 1. The molecule has 2 aromatic carbocycles. The topological polar surface area (TPSA) is 66.9 Å². The Balaban J connectivity index is 1.38. The predicted octanol–water partition coefficient (Wildman–Crippen LogP) is 2.21. The molecule has 2 aromatic rings. The van der Waals surface area contributed by atoms with Gasteiger partial charge in [-0.1, -0.05) is 36.4 Å². The van der Waals surface area contributed by atoms with E-state index in [4.69, 9.17) is 4.74 Å². The van der Waals surface area contributed by atoms with E-state index in [9.17, 15) is 13.2 Å². The van der Waals surface area contributed by atoms with Gasteiger partial charge in [-0.3, -0.25) is 9.69 Å². The Morgan fingerprint density at radius 1 is 0.966 bits per heavy atom. The fraction of sp³-hybridized carbons (Fsp3) is 0.409. The Kier molecular flexibility index (Phi) is 5.87. The molecule has 7 heteroatoms. The summed E-state index contributed by atoms with van der Waals surface area (Å²) in [6.07, 6.45) is 0.704. The number of hydrogen-bond acceptors (Lipinski definition) is 5. The van der Waals surface area contributed by atoms with Crippen LogP contribution in [0.2, 0.25) is 0 Å². The van der Waals surface area contributed by atoms with Gasteiger partial charge in [-0.05, 0) is 24.6 Å². The lowest BCUT2D eigenvalue weighted by Crippen LogP contribution is -2.52. The fourth-order valence-electron chi connectivity index (χ4n) is 4.06. The first-order valence-corrected chi connectivity index (χ1v) is 11.8. The van der Waals surface area contributed by atoms with Crippen LogP contribution in [-0.4, -0.2) is 67.9 Å². The summed E-state index contributed by atoms with van der Waals surface area (Å²) in [6, 6.07) is 17.2. The van der Waals surface area contributed by atoms with Crippen molar-refractivity contribution >= 4 is 15.7 Å². The van der Waals surface area contributed by atoms with Crippen molar-refractivity contribution in [3.8, 4) is 5.75 Å². The number of carbonyl (C=O) groups excluding carboxylic acids is 1. The van der Waals surface area contributed by atoms with Crippen LogP contribution in [0.4, 0.5) is 0 Å². The lowest BCUT2D eigenvalue weighted by atomic mass is 10.1. The SMILES string of the molecule is O=C(c1ccccc1COc1ccccc1)N1CCN([C@@H]2CCS(=O)(=O)C2)CC1. The van der Waals surface area contributed by atoms with E-state index in [2.05, 4.69) is 4.90 Å². The summed E-state index contributed by atoms with van der Waals surface area (Å²) in [6.45, 7) is 3.00. The molecule has 0 bridgehead atoms. The molecule has 0 saturated carbocycles. The molecule has 2 fully saturated rings. The lowest BCUT2D eigenvalue weighted by molar-refractivity contribution is 0.0585. The van der Waals surface area contributed by atoms with Gasteiger partial charge in [0.15, 0.2) is 9.84 Å². The van der Waals surface area contributed by atoms with Gasteiger partial charge < -0.3 is 9.64 Å². The molecule has 154 valence electrons. The molecule has 2 saturated heterocycles. The van der Waals surface area contributed by atoms with Gasteiger partial charge in [0.2, 0.25) is 0 Å². The number of para-hydroxylation sites is 1. The van der Waals surface area contributed by atoms with Crippen LogP contribution in [0.25, 0.3) is 0 Å². The van der Waals surface area contributed by atoms with Crippen LogP contribution in [0.5, 0.6) is 5.75 Å². The molecule has 29 heavy (non-hydrogen) atoms. The Labute approximate surface area is 172 Å². The number of piperazine rings is 1. The monoisotopic (exact) mass is 414 g/mol. The highest BCUT2D eigenvalue weighted by Gasteiger charge is 2.34. The molecule has 0 unspecified atom stereocenters. The van der Waals surface area contributed by atoms with Crippen molar-refractivity contribution in [2.24, 2.45) is 0 Å². The van der Waals surface area contributed by atoms with E-state index < -0.39 is 9.84 Å². The Morgan fingerprint density at radius 2 is 1.66 bits per heavy atom. The van der Waals surface area contributed by atoms with Crippen LogP contribution in [0.1, 0.15) is 22.3 Å². The maximum atomic E-state index is 13.1. The Hall–Kier alpha value is -2.38. The number of rotatable bonds is 5. The van der Waals surface area contributed by atoms with Crippen molar-refractivity contribution in [1.82, 2.24) is 9.80 Å². The average Bonchev–Trinajstić information content (AvgIpc) is 3.12. The van der Waals surface area contributed by atoms with Crippen LogP contribution in [0, 0.1) is 0 Å². The zero-order chi connectivity index (χ0) is 20.3. The maximum absolute atomic E-state index is 13.1. The minimum absolute atomic E-state index is 0.0101. The zero-order valence-electron chi connectivity index (χ0n) is 16.4. The fourth-order valence-corrected chi connectivity index (χ4v) is 5.82. The van der Waals surface area contributed by atoms with E-state index in [1.807, 2.05) is 59.5 Å². The largest absolute Gasteiger partial charge is 0.489 e. The molecular formula is C22H26N2O4S. The molecule has 0 spiro atoms. The highest BCUT2D eigenvalue weighted by molar-refractivity contribution is 7.91. The van der Waals surface area contributed by atoms with Gasteiger partial charge in [0.1, 0.15) is 12.4 Å². The summed E-state index contributed by atoms with van der Waals surface area (Å²) in [7, 11) is -2.89. The third kappa shape index (κ3) is 4.79. The average molecular weight is 415 g/mol. The van der Waals surface area contributed by atoms with E-state index in [1.165, 1.54) is 0 Å². The lowest BCUT2D eigenvalue weighted by Gasteiger charge is -2.37. The van der Waals surface area contributed by atoms with E-state index in [-0.39, 0.29) is 23.5 Å². The predicted molar refractivity (Wildman–Crippen MR) is 112 cm³/mol. The number of amides is 1. The van der Waals surface area contributed by atoms with Gasteiger partial charge in [0.25, 0.3) is 5.91 Å². The van der Waals surface area contributed by atoms with Gasteiger partial charge in [-0.25, -0.2) is 8.42 Å². The van der Waals surface area contributed by atoms with Crippen LogP contribution in [0.15, 0.2) is 54.6 Å². The third-order valence-corrected chi connectivity index (χ3v) is 7.46. The van der Waals surface area contributed by atoms with Crippen LogP contribution in [-0.2, 0) is 16.4 Å². The summed E-state index contributed by atoms with van der Waals surface area (Å²) in [5.74, 6) is 1.32. The molecule has 6 nitrogen and oxygen atoms in total. The number of sulfone groups is 1. The first-order valence-electron chi connectivity index (χ1n) is 10.0. The third-order valence-electron chi connectivity index (χ3n) is 5.71. The second-order valence-corrected chi connectivity index (χ2v) is 9.87. The Morgan fingerprint density at radius 3 is 2.34 bits per heavy atom. The van der Waals surface area contributed by atoms with Crippen molar-refractivity contribution in [2.45, 2.75) is 19.1 Å². The standard InChI is InChI=1S/C22H26N2O4S/c25-22(24-13-11-23(12-14-24)19-10-15-29(26,27)17-19)21-9-5-4-6-18(21)16-28-20-7-2-1-3-8-20/h1-9,19H,10-17H2/t19-/m1/s1. The molecule has 1 amide bonds. The number of nitrogens with zero attached hydrogens (tertiary/aromatic N) is 2. The highest BCUT2D eigenvalue weighted by atomic mass is 32.2. The summed E-state index contributed by atoms with van der Waals surface area (Å²) in [4.78, 5) is 17.2. The van der Waals surface area contributed by atoms with Crippen molar-refractivity contribution in [2.75, 3.05) is 37.7 Å². The molecule has 2 aliphatic rings. The van der Waals surface area contributed by atoms with E-state index in [1.54, 1.807) is 0 Å². The van der Waals surface area contributed by atoms with Crippen LogP contribution in [0.3, 0.4) is 0 Å². The molecule has 1 atom stereocenters. The molecule has 0 radical (unpaired) electrons. The second-order valence-electron chi connectivity index (χ2n) is 7.64. The number of benzene rings is 2. The minimum atomic E-state index is -2.89. The van der Waals surface area contributed by atoms with E-state index in [0.29, 0.717) is 44.8 Å².